The van der Waals surface area contributed by atoms with Crippen LogP contribution < -0.4 is 0 Å². The molecular formula is C17H13Cl2NO. The lowest BCUT2D eigenvalue weighted by Gasteiger charge is -2.12. The summed E-state index contributed by atoms with van der Waals surface area (Å²) in [5.74, 6) is -1.19. The van der Waals surface area contributed by atoms with Crippen LogP contribution in [-0.4, -0.2) is 5.78 Å². The van der Waals surface area contributed by atoms with Crippen LogP contribution in [0.1, 0.15) is 33.0 Å². The molecule has 0 aliphatic heterocycles. The fourth-order valence-electron chi connectivity index (χ4n) is 2.07. The molecule has 0 N–H and O–H groups in total. The standard InChI is InChI=1S/C17H13Cl2NO/c1-10-3-4-12(7-11(10)2)17(21)15(9-20)14-6-5-13(18)8-16(14)19/h3-8,15H,1-2H3. The lowest BCUT2D eigenvalue weighted by Crippen LogP contribution is -2.12. The van der Waals surface area contributed by atoms with Crippen LogP contribution in [0.25, 0.3) is 0 Å². The molecule has 2 nitrogen and oxygen atoms in total. The lowest BCUT2D eigenvalue weighted by atomic mass is 9.90. The number of nitrogens with zero attached hydrogens (tertiary/aromatic N) is 1. The molecule has 1 unspecified atom stereocenters. The maximum absolute atomic E-state index is 12.6. The summed E-state index contributed by atoms with van der Waals surface area (Å²) < 4.78 is 0. The van der Waals surface area contributed by atoms with E-state index in [1.165, 1.54) is 6.07 Å². The summed E-state index contributed by atoms with van der Waals surface area (Å²) in [5.41, 5.74) is 3.10. The predicted octanol–water partition coefficient (Wildman–Crippen LogP) is 5.10. The first-order valence-corrected chi connectivity index (χ1v) is 7.15. The van der Waals surface area contributed by atoms with Gasteiger partial charge in [-0.3, -0.25) is 4.79 Å². The van der Waals surface area contributed by atoms with Crippen LogP contribution in [-0.2, 0) is 0 Å². The van der Waals surface area contributed by atoms with Crippen molar-refractivity contribution in [2.45, 2.75) is 19.8 Å². The smallest absolute Gasteiger partial charge is 0.184 e. The van der Waals surface area contributed by atoms with Gasteiger partial charge in [-0.2, -0.15) is 5.26 Å². The Morgan fingerprint density at radius 2 is 1.81 bits per heavy atom. The minimum atomic E-state index is -0.933. The van der Waals surface area contributed by atoms with Crippen molar-refractivity contribution in [3.63, 3.8) is 0 Å². The Morgan fingerprint density at radius 1 is 1.10 bits per heavy atom. The molecule has 2 aromatic carbocycles. The van der Waals surface area contributed by atoms with Crippen molar-refractivity contribution in [2.24, 2.45) is 0 Å². The minimum absolute atomic E-state index is 0.259. The van der Waals surface area contributed by atoms with Gasteiger partial charge in [0.1, 0.15) is 5.92 Å². The van der Waals surface area contributed by atoms with E-state index in [9.17, 15) is 10.1 Å². The van der Waals surface area contributed by atoms with Crippen LogP contribution >= 0.6 is 23.2 Å². The average Bonchev–Trinajstić information content (AvgIpc) is 2.44. The molecule has 0 heterocycles. The van der Waals surface area contributed by atoms with E-state index in [0.29, 0.717) is 21.2 Å². The number of aryl methyl sites for hydroxylation is 2. The van der Waals surface area contributed by atoms with Crippen LogP contribution in [0.15, 0.2) is 36.4 Å². The molecule has 106 valence electrons. The number of Topliss-reactive ketones (excluding diaryl/α,β-unsaturated/α-hetero) is 1. The van der Waals surface area contributed by atoms with Crippen molar-refractivity contribution in [1.82, 2.24) is 0 Å². The molecular weight excluding hydrogens is 305 g/mol. The van der Waals surface area contributed by atoms with Crippen molar-refractivity contribution in [3.8, 4) is 6.07 Å². The van der Waals surface area contributed by atoms with E-state index in [4.69, 9.17) is 23.2 Å². The minimum Gasteiger partial charge on any atom is -0.292 e. The molecule has 0 spiro atoms. The molecule has 1 atom stereocenters. The van der Waals surface area contributed by atoms with E-state index in [-0.39, 0.29) is 5.78 Å². The fraction of sp³-hybridized carbons (Fsp3) is 0.176. The maximum atomic E-state index is 12.6. The summed E-state index contributed by atoms with van der Waals surface area (Å²) in [6.07, 6.45) is 0. The van der Waals surface area contributed by atoms with Crippen molar-refractivity contribution in [1.29, 1.82) is 5.26 Å². The van der Waals surface area contributed by atoms with Crippen LogP contribution in [0.4, 0.5) is 0 Å². The molecule has 4 heteroatoms. The van der Waals surface area contributed by atoms with Gasteiger partial charge in [0.05, 0.1) is 6.07 Å². The third-order valence-electron chi connectivity index (χ3n) is 3.46. The maximum Gasteiger partial charge on any atom is 0.184 e. The van der Waals surface area contributed by atoms with Gasteiger partial charge in [0.2, 0.25) is 0 Å². The summed E-state index contributed by atoms with van der Waals surface area (Å²) in [6.45, 7) is 3.91. The van der Waals surface area contributed by atoms with E-state index in [2.05, 4.69) is 0 Å². The molecule has 0 aliphatic carbocycles. The van der Waals surface area contributed by atoms with Crippen LogP contribution in [0, 0.1) is 25.2 Å². The van der Waals surface area contributed by atoms with Gasteiger partial charge < -0.3 is 0 Å². The van der Waals surface area contributed by atoms with Crippen molar-refractivity contribution in [3.05, 3.63) is 68.7 Å². The normalized spacial score (nSPS) is 11.8. The highest BCUT2D eigenvalue weighted by Gasteiger charge is 2.24. The van der Waals surface area contributed by atoms with Gasteiger partial charge in [-0.15, -0.1) is 0 Å². The van der Waals surface area contributed by atoms with Gasteiger partial charge in [0.15, 0.2) is 5.78 Å². The zero-order valence-corrected chi connectivity index (χ0v) is 13.2. The molecule has 21 heavy (non-hydrogen) atoms. The zero-order chi connectivity index (χ0) is 15.6. The Balaban J connectivity index is 2.43. The highest BCUT2D eigenvalue weighted by atomic mass is 35.5. The molecule has 0 bridgehead atoms. The second-order valence-corrected chi connectivity index (χ2v) is 5.73. The van der Waals surface area contributed by atoms with Crippen LogP contribution in [0.3, 0.4) is 0 Å². The summed E-state index contributed by atoms with van der Waals surface area (Å²) in [6, 6.07) is 12.2. The van der Waals surface area contributed by atoms with E-state index >= 15 is 0 Å². The molecule has 0 fully saturated rings. The zero-order valence-electron chi connectivity index (χ0n) is 11.7. The Labute approximate surface area is 133 Å². The second kappa shape index (κ2) is 6.30. The molecule has 2 aromatic rings. The lowest BCUT2D eigenvalue weighted by molar-refractivity contribution is 0.0979. The highest BCUT2D eigenvalue weighted by molar-refractivity contribution is 6.35. The van der Waals surface area contributed by atoms with Crippen LogP contribution in [0.2, 0.25) is 10.0 Å². The Kier molecular flexibility index (Phi) is 4.67. The van der Waals surface area contributed by atoms with Crippen LogP contribution in [0.5, 0.6) is 0 Å². The number of carbonyl (C=O) groups excluding carboxylic acids is 1. The quantitative estimate of drug-likeness (QED) is 0.739. The van der Waals surface area contributed by atoms with Crippen molar-refractivity contribution >= 4 is 29.0 Å². The number of carbonyl (C=O) groups is 1. The van der Waals surface area contributed by atoms with Gasteiger partial charge in [-0.05, 0) is 48.7 Å². The third-order valence-corrected chi connectivity index (χ3v) is 4.02. The molecule has 0 saturated heterocycles. The largest absolute Gasteiger partial charge is 0.292 e. The number of halogens is 2. The predicted molar refractivity (Wildman–Crippen MR) is 85.1 cm³/mol. The highest BCUT2D eigenvalue weighted by Crippen LogP contribution is 2.30. The first kappa shape index (κ1) is 15.6. The Hall–Kier alpha value is -1.82. The van der Waals surface area contributed by atoms with E-state index < -0.39 is 5.92 Å². The number of nitriles is 1. The first-order valence-electron chi connectivity index (χ1n) is 6.40. The molecule has 0 saturated carbocycles. The third kappa shape index (κ3) is 3.26. The van der Waals surface area contributed by atoms with Crippen molar-refractivity contribution < 1.29 is 4.79 Å². The molecule has 0 amide bonds. The molecule has 0 aliphatic rings. The first-order chi connectivity index (χ1) is 9.93. The van der Waals surface area contributed by atoms with Gasteiger partial charge in [0, 0.05) is 15.6 Å². The van der Waals surface area contributed by atoms with Gasteiger partial charge in [-0.1, -0.05) is 41.4 Å². The Morgan fingerprint density at radius 3 is 2.38 bits per heavy atom. The summed E-state index contributed by atoms with van der Waals surface area (Å²) in [4.78, 5) is 12.6. The van der Waals surface area contributed by atoms with Gasteiger partial charge in [0.25, 0.3) is 0 Å². The number of benzene rings is 2. The monoisotopic (exact) mass is 317 g/mol. The number of hydrogen-bond donors (Lipinski definition) is 0. The summed E-state index contributed by atoms with van der Waals surface area (Å²) >= 11 is 12.0. The Bertz CT molecular complexity index is 747. The number of hydrogen-bond acceptors (Lipinski definition) is 2. The topological polar surface area (TPSA) is 40.9 Å². The van der Waals surface area contributed by atoms with Crippen molar-refractivity contribution in [2.75, 3.05) is 0 Å². The number of ketones is 1. The summed E-state index contributed by atoms with van der Waals surface area (Å²) in [7, 11) is 0. The molecule has 2 rings (SSSR count). The average molecular weight is 318 g/mol. The van der Waals surface area contributed by atoms with Gasteiger partial charge in [-0.25, -0.2) is 0 Å². The van der Waals surface area contributed by atoms with E-state index in [1.54, 1.807) is 24.3 Å². The fourth-order valence-corrected chi connectivity index (χ4v) is 2.58. The molecule has 0 aromatic heterocycles. The van der Waals surface area contributed by atoms with Gasteiger partial charge >= 0.3 is 0 Å². The summed E-state index contributed by atoms with van der Waals surface area (Å²) in [5, 5.41) is 10.2. The SMILES string of the molecule is Cc1ccc(C(=O)C(C#N)c2ccc(Cl)cc2Cl)cc1C. The van der Waals surface area contributed by atoms with E-state index in [1.807, 2.05) is 26.0 Å². The number of rotatable bonds is 3. The van der Waals surface area contributed by atoms with E-state index in [0.717, 1.165) is 11.1 Å². The molecule has 0 radical (unpaired) electrons. The second-order valence-electron chi connectivity index (χ2n) is 4.89.